The molecule has 5 nitrogen and oxygen atoms in total. The first-order valence-corrected chi connectivity index (χ1v) is 9.68. The molecule has 2 rings (SSSR count). The van der Waals surface area contributed by atoms with E-state index in [0.29, 0.717) is 5.69 Å². The molecule has 128 valence electrons. The van der Waals surface area contributed by atoms with Gasteiger partial charge in [0.1, 0.15) is 10.8 Å². The number of pyridine rings is 1. The van der Waals surface area contributed by atoms with Crippen molar-refractivity contribution in [1.29, 1.82) is 0 Å². The summed E-state index contributed by atoms with van der Waals surface area (Å²) in [4.78, 5) is 16.2. The van der Waals surface area contributed by atoms with Gasteiger partial charge in [-0.1, -0.05) is 53.3 Å². The Morgan fingerprint density at radius 2 is 1.62 bits per heavy atom. The average molecular weight is 428 g/mol. The quantitative estimate of drug-likeness (QED) is 0.714. The van der Waals surface area contributed by atoms with Crippen LogP contribution in [-0.2, 0) is 9.84 Å². The van der Waals surface area contributed by atoms with Gasteiger partial charge in [-0.25, -0.2) is 13.4 Å². The van der Waals surface area contributed by atoms with Gasteiger partial charge in [0.2, 0.25) is 0 Å². The fraction of sp³-hybridized carbons (Fsp3) is 0.143. The van der Waals surface area contributed by atoms with Crippen molar-refractivity contribution in [3.05, 3.63) is 50.2 Å². The molecule has 0 aliphatic rings. The highest BCUT2D eigenvalue weighted by Crippen LogP contribution is 2.36. The first-order chi connectivity index (χ1) is 11.2. The lowest BCUT2D eigenvalue weighted by atomic mass is 10.3. The van der Waals surface area contributed by atoms with Gasteiger partial charge in [-0.2, -0.15) is 0 Å². The van der Waals surface area contributed by atoms with Crippen LogP contribution in [0.2, 0.25) is 20.2 Å². The first kappa shape index (κ1) is 19.3. The lowest BCUT2D eigenvalue weighted by Gasteiger charge is -2.09. The van der Waals surface area contributed by atoms with Crippen LogP contribution in [0.25, 0.3) is 0 Å². The molecule has 0 saturated carbocycles. The Kier molecular flexibility index (Phi) is 5.99. The molecule has 0 bridgehead atoms. The zero-order valence-electron chi connectivity index (χ0n) is 12.1. The molecule has 1 amide bonds. The summed E-state index contributed by atoms with van der Waals surface area (Å²) >= 11 is 23.4. The van der Waals surface area contributed by atoms with Gasteiger partial charge in [-0.3, -0.25) is 4.79 Å². The normalized spacial score (nSPS) is 11.4. The van der Waals surface area contributed by atoms with Gasteiger partial charge in [0.05, 0.1) is 25.7 Å². The predicted octanol–water partition coefficient (Wildman–Crippen LogP) is 4.74. The molecule has 0 spiro atoms. The highest BCUT2D eigenvalue weighted by Gasteiger charge is 2.20. The van der Waals surface area contributed by atoms with E-state index in [0.717, 1.165) is 0 Å². The number of carbonyl (C=O) groups is 1. The Bertz CT molecular complexity index is 899. The van der Waals surface area contributed by atoms with Gasteiger partial charge in [0, 0.05) is 5.69 Å². The number of amides is 1. The summed E-state index contributed by atoms with van der Waals surface area (Å²) < 4.78 is 23.5. The van der Waals surface area contributed by atoms with Gasteiger partial charge >= 0.3 is 0 Å². The zero-order chi connectivity index (χ0) is 18.1. The van der Waals surface area contributed by atoms with Crippen LogP contribution in [0.5, 0.6) is 0 Å². The highest BCUT2D eigenvalue weighted by atomic mass is 35.5. The van der Waals surface area contributed by atoms with E-state index >= 15 is 0 Å². The molecule has 0 radical (unpaired) electrons. The molecule has 1 N–H and O–H groups in total. The van der Waals surface area contributed by atoms with Crippen molar-refractivity contribution in [2.24, 2.45) is 0 Å². The van der Waals surface area contributed by atoms with Crippen molar-refractivity contribution in [3.63, 3.8) is 0 Å². The van der Waals surface area contributed by atoms with Crippen LogP contribution in [-0.4, -0.2) is 25.1 Å². The minimum Gasteiger partial charge on any atom is -0.321 e. The number of rotatable bonds is 4. The maximum Gasteiger partial charge on any atom is 0.275 e. The number of halogens is 4. The molecule has 1 aromatic carbocycles. The van der Waals surface area contributed by atoms with Crippen LogP contribution in [0.3, 0.4) is 0 Å². The van der Waals surface area contributed by atoms with Crippen molar-refractivity contribution in [2.75, 3.05) is 11.1 Å². The van der Waals surface area contributed by atoms with E-state index in [1.54, 1.807) is 6.92 Å². The third-order valence-corrected chi connectivity index (χ3v) is 6.48. The fourth-order valence-corrected chi connectivity index (χ4v) is 3.44. The van der Waals surface area contributed by atoms with Gasteiger partial charge in [-0.15, -0.1) is 0 Å². The van der Waals surface area contributed by atoms with E-state index in [4.69, 9.17) is 46.4 Å². The largest absolute Gasteiger partial charge is 0.321 e. The molecular formula is C14H10Cl4N2O3S. The Morgan fingerprint density at radius 3 is 2.17 bits per heavy atom. The van der Waals surface area contributed by atoms with E-state index in [1.165, 1.54) is 24.3 Å². The predicted molar refractivity (Wildman–Crippen MR) is 96.4 cm³/mol. The summed E-state index contributed by atoms with van der Waals surface area (Å²) in [6, 6.07) is 5.69. The van der Waals surface area contributed by atoms with Gasteiger partial charge in [-0.05, 0) is 24.3 Å². The van der Waals surface area contributed by atoms with E-state index < -0.39 is 15.7 Å². The number of hydrogen-bond acceptors (Lipinski definition) is 4. The number of aromatic nitrogens is 1. The lowest BCUT2D eigenvalue weighted by molar-refractivity contribution is 0.102. The number of hydrogen-bond donors (Lipinski definition) is 1. The minimum absolute atomic E-state index is 0.0139. The fourth-order valence-electron chi connectivity index (χ4n) is 1.74. The summed E-state index contributed by atoms with van der Waals surface area (Å²) in [5, 5.41) is 2.12. The number of sulfone groups is 1. The van der Waals surface area contributed by atoms with Gasteiger partial charge in [0.25, 0.3) is 5.91 Å². The molecule has 1 aromatic heterocycles. The van der Waals surface area contributed by atoms with E-state index in [2.05, 4.69) is 10.3 Å². The zero-order valence-corrected chi connectivity index (χ0v) is 15.9. The highest BCUT2D eigenvalue weighted by molar-refractivity contribution is 7.91. The number of benzene rings is 1. The molecule has 0 saturated heterocycles. The monoisotopic (exact) mass is 426 g/mol. The van der Waals surface area contributed by atoms with Crippen LogP contribution >= 0.6 is 46.4 Å². The van der Waals surface area contributed by atoms with Crippen molar-refractivity contribution < 1.29 is 13.2 Å². The Morgan fingerprint density at radius 1 is 1.04 bits per heavy atom. The van der Waals surface area contributed by atoms with Crippen molar-refractivity contribution in [3.8, 4) is 0 Å². The number of anilines is 1. The number of nitrogens with zero attached hydrogens (tertiary/aromatic N) is 1. The number of nitrogens with one attached hydrogen (secondary N) is 1. The minimum atomic E-state index is -3.31. The van der Waals surface area contributed by atoms with E-state index in [1.807, 2.05) is 0 Å². The second kappa shape index (κ2) is 7.45. The summed E-state index contributed by atoms with van der Waals surface area (Å²) in [6.45, 7) is 1.55. The Balaban J connectivity index is 2.28. The first-order valence-electron chi connectivity index (χ1n) is 6.51. The SMILES string of the molecule is CCS(=O)(=O)c1ccc(NC(=O)c2nc(Cl)c(Cl)c(Cl)c2Cl)cc1. The molecule has 2 aromatic rings. The molecule has 0 atom stereocenters. The molecule has 1 heterocycles. The van der Waals surface area contributed by atoms with Crippen molar-refractivity contribution in [2.45, 2.75) is 11.8 Å². The standard InChI is InChI=1S/C14H10Cl4N2O3S/c1-2-24(22,23)8-5-3-7(4-6-8)19-14(21)12-10(16)9(15)11(17)13(18)20-12/h3-6H,2H2,1H3,(H,19,21). The van der Waals surface area contributed by atoms with Crippen molar-refractivity contribution in [1.82, 2.24) is 4.98 Å². The van der Waals surface area contributed by atoms with Crippen LogP contribution in [0.4, 0.5) is 5.69 Å². The van der Waals surface area contributed by atoms with Crippen LogP contribution in [0, 0.1) is 0 Å². The molecule has 0 fully saturated rings. The summed E-state index contributed by atoms with van der Waals surface area (Å²) in [5.41, 5.74) is 0.163. The van der Waals surface area contributed by atoms with E-state index in [-0.39, 0.29) is 36.6 Å². The molecule has 24 heavy (non-hydrogen) atoms. The van der Waals surface area contributed by atoms with Crippen LogP contribution in [0.15, 0.2) is 29.2 Å². The van der Waals surface area contributed by atoms with Crippen molar-refractivity contribution >= 4 is 67.8 Å². The Hall–Kier alpha value is -1.05. The molecule has 0 aliphatic heterocycles. The molecule has 0 aliphatic carbocycles. The third kappa shape index (κ3) is 3.95. The average Bonchev–Trinajstić information content (AvgIpc) is 2.56. The summed E-state index contributed by atoms with van der Waals surface area (Å²) in [6.07, 6.45) is 0. The maximum atomic E-state index is 12.3. The topological polar surface area (TPSA) is 76.1 Å². The van der Waals surface area contributed by atoms with Gasteiger partial charge in [0.15, 0.2) is 9.84 Å². The summed E-state index contributed by atoms with van der Waals surface area (Å²) in [5.74, 6) is -0.674. The van der Waals surface area contributed by atoms with Crippen LogP contribution in [0.1, 0.15) is 17.4 Å². The molecule has 10 heteroatoms. The Labute approximate surface area is 158 Å². The summed E-state index contributed by atoms with van der Waals surface area (Å²) in [7, 11) is -3.31. The smallest absolute Gasteiger partial charge is 0.275 e. The van der Waals surface area contributed by atoms with Gasteiger partial charge < -0.3 is 5.32 Å². The second-order valence-electron chi connectivity index (χ2n) is 4.58. The molecule has 0 unspecified atom stereocenters. The number of carbonyl (C=O) groups excluding carboxylic acids is 1. The van der Waals surface area contributed by atoms with E-state index in [9.17, 15) is 13.2 Å². The maximum absolute atomic E-state index is 12.3. The second-order valence-corrected chi connectivity index (χ2v) is 8.35. The molecular weight excluding hydrogens is 418 g/mol. The third-order valence-electron chi connectivity index (χ3n) is 3.05. The lowest BCUT2D eigenvalue weighted by Crippen LogP contribution is -2.15. The van der Waals surface area contributed by atoms with Crippen LogP contribution < -0.4 is 5.32 Å².